The number of hydrogen-bond acceptors (Lipinski definition) is 4. The summed E-state index contributed by atoms with van der Waals surface area (Å²) in [6.07, 6.45) is 2.65. The van der Waals surface area contributed by atoms with E-state index < -0.39 is 12.1 Å². The van der Waals surface area contributed by atoms with E-state index in [0.29, 0.717) is 24.3 Å². The molecule has 6 nitrogen and oxygen atoms in total. The van der Waals surface area contributed by atoms with Gasteiger partial charge in [-0.1, -0.05) is 36.4 Å². The molecule has 4 rings (SSSR count). The second-order valence-electron chi connectivity index (χ2n) is 6.75. The summed E-state index contributed by atoms with van der Waals surface area (Å²) in [6, 6.07) is 14.8. The van der Waals surface area contributed by atoms with Gasteiger partial charge in [0.05, 0.1) is 0 Å². The largest absolute Gasteiger partial charge is 0.443 e. The topological polar surface area (TPSA) is 63.9 Å². The minimum atomic E-state index is -0.956. The summed E-state index contributed by atoms with van der Waals surface area (Å²) in [7, 11) is 0. The van der Waals surface area contributed by atoms with E-state index in [2.05, 4.69) is 4.98 Å². The molecule has 1 fully saturated rings. The number of carbonyl (C=O) groups excluding carboxylic acids is 2. The van der Waals surface area contributed by atoms with Crippen LogP contribution in [-0.4, -0.2) is 39.3 Å². The van der Waals surface area contributed by atoms with E-state index in [9.17, 15) is 9.59 Å². The zero-order valence-corrected chi connectivity index (χ0v) is 15.2. The highest BCUT2D eigenvalue weighted by Gasteiger charge is 2.31. The number of pyridine rings is 1. The van der Waals surface area contributed by atoms with Crippen LogP contribution in [0.4, 0.5) is 0 Å². The summed E-state index contributed by atoms with van der Waals surface area (Å²) in [5.41, 5.74) is 2.50. The van der Waals surface area contributed by atoms with Crippen LogP contribution in [0.3, 0.4) is 0 Å². The molecule has 3 heterocycles. The molecule has 3 aromatic rings. The average Bonchev–Trinajstić information content (AvgIpc) is 3.36. The third-order valence-electron chi connectivity index (χ3n) is 4.87. The van der Waals surface area contributed by atoms with Crippen molar-refractivity contribution >= 4 is 17.5 Å². The van der Waals surface area contributed by atoms with Gasteiger partial charge >= 0.3 is 5.97 Å². The van der Waals surface area contributed by atoms with Crippen LogP contribution >= 0.6 is 0 Å². The molecule has 0 radical (unpaired) electrons. The Morgan fingerprint density at radius 3 is 2.48 bits per heavy atom. The summed E-state index contributed by atoms with van der Waals surface area (Å²) >= 11 is 0. The van der Waals surface area contributed by atoms with Crippen LogP contribution in [-0.2, 0) is 9.53 Å². The highest BCUT2D eigenvalue weighted by Crippen LogP contribution is 2.24. The number of esters is 1. The zero-order valence-electron chi connectivity index (χ0n) is 15.2. The van der Waals surface area contributed by atoms with Gasteiger partial charge in [-0.2, -0.15) is 0 Å². The Labute approximate surface area is 157 Å². The van der Waals surface area contributed by atoms with Crippen molar-refractivity contribution in [2.45, 2.75) is 25.9 Å². The molecule has 0 N–H and O–H groups in total. The number of rotatable bonds is 4. The van der Waals surface area contributed by atoms with Gasteiger partial charge in [-0.05, 0) is 31.9 Å². The van der Waals surface area contributed by atoms with Crippen LogP contribution < -0.4 is 0 Å². The Morgan fingerprint density at radius 1 is 1.04 bits per heavy atom. The third kappa shape index (κ3) is 3.43. The molecule has 6 heteroatoms. The highest BCUT2D eigenvalue weighted by atomic mass is 16.5. The lowest BCUT2D eigenvalue weighted by molar-refractivity contribution is -0.140. The maximum Gasteiger partial charge on any atom is 0.359 e. The number of aromatic nitrogens is 2. The predicted octanol–water partition coefficient (Wildman–Crippen LogP) is 3.16. The van der Waals surface area contributed by atoms with E-state index >= 15 is 0 Å². The van der Waals surface area contributed by atoms with Gasteiger partial charge in [-0.3, -0.25) is 4.79 Å². The lowest BCUT2D eigenvalue weighted by Gasteiger charge is -2.23. The van der Waals surface area contributed by atoms with E-state index in [-0.39, 0.29) is 11.6 Å². The Morgan fingerprint density at radius 2 is 1.78 bits per heavy atom. The molecule has 2 aromatic heterocycles. The van der Waals surface area contributed by atoms with E-state index in [1.807, 2.05) is 47.7 Å². The van der Waals surface area contributed by atoms with Gasteiger partial charge in [0.1, 0.15) is 5.65 Å². The molecule has 1 aliphatic rings. The van der Waals surface area contributed by atoms with Gasteiger partial charge in [0, 0.05) is 30.5 Å². The van der Waals surface area contributed by atoms with Crippen LogP contribution in [0.5, 0.6) is 0 Å². The normalized spacial score (nSPS) is 15.1. The maximum atomic E-state index is 13.0. The molecule has 0 bridgehead atoms. The molecule has 1 atom stereocenters. The monoisotopic (exact) mass is 363 g/mol. The molecular weight excluding hydrogens is 342 g/mol. The fourth-order valence-corrected chi connectivity index (χ4v) is 3.41. The maximum absolute atomic E-state index is 13.0. The van der Waals surface area contributed by atoms with E-state index in [0.717, 1.165) is 18.5 Å². The molecule has 1 saturated heterocycles. The van der Waals surface area contributed by atoms with Gasteiger partial charge < -0.3 is 14.0 Å². The SMILES string of the molecule is Cc1cccc2nc(C(=O)O[C@@H](C(=O)N3CCCC3)c3ccccc3)cn12. The van der Waals surface area contributed by atoms with Gasteiger partial charge in [0.25, 0.3) is 5.91 Å². The predicted molar refractivity (Wildman–Crippen MR) is 100 cm³/mol. The molecule has 27 heavy (non-hydrogen) atoms. The van der Waals surface area contributed by atoms with E-state index in [1.165, 1.54) is 0 Å². The van der Waals surface area contributed by atoms with Crippen LogP contribution in [0.15, 0.2) is 54.7 Å². The Hall–Kier alpha value is -3.15. The second-order valence-corrected chi connectivity index (χ2v) is 6.75. The Bertz CT molecular complexity index is 975. The zero-order chi connectivity index (χ0) is 18.8. The van der Waals surface area contributed by atoms with Gasteiger partial charge in [0.2, 0.25) is 6.10 Å². The lowest BCUT2D eigenvalue weighted by Crippen LogP contribution is -2.34. The highest BCUT2D eigenvalue weighted by molar-refractivity contribution is 5.91. The lowest BCUT2D eigenvalue weighted by atomic mass is 10.1. The summed E-state index contributed by atoms with van der Waals surface area (Å²) in [6.45, 7) is 3.34. The average molecular weight is 363 g/mol. The van der Waals surface area contributed by atoms with E-state index in [4.69, 9.17) is 4.74 Å². The molecular formula is C21H21N3O3. The summed E-state index contributed by atoms with van der Waals surface area (Å²) in [4.78, 5) is 31.8. The molecule has 1 aromatic carbocycles. The molecule has 1 aliphatic heterocycles. The summed E-state index contributed by atoms with van der Waals surface area (Å²) in [5, 5.41) is 0. The Balaban J connectivity index is 1.62. The number of carbonyl (C=O) groups is 2. The first-order valence-corrected chi connectivity index (χ1v) is 9.13. The van der Waals surface area contributed by atoms with Crippen LogP contribution in [0.1, 0.15) is 40.7 Å². The minimum absolute atomic E-state index is 0.174. The third-order valence-corrected chi connectivity index (χ3v) is 4.87. The van der Waals surface area contributed by atoms with Crippen LogP contribution in [0, 0.1) is 6.92 Å². The minimum Gasteiger partial charge on any atom is -0.443 e. The van der Waals surface area contributed by atoms with Crippen molar-refractivity contribution in [2.75, 3.05) is 13.1 Å². The molecule has 0 unspecified atom stereocenters. The number of fused-ring (bicyclic) bond motifs is 1. The fourth-order valence-electron chi connectivity index (χ4n) is 3.41. The van der Waals surface area contributed by atoms with Crippen molar-refractivity contribution in [2.24, 2.45) is 0 Å². The van der Waals surface area contributed by atoms with E-state index in [1.54, 1.807) is 23.2 Å². The van der Waals surface area contributed by atoms with Crippen LogP contribution in [0.25, 0.3) is 5.65 Å². The molecule has 1 amide bonds. The van der Waals surface area contributed by atoms with Crippen molar-refractivity contribution in [3.05, 3.63) is 71.7 Å². The molecule has 0 saturated carbocycles. The smallest absolute Gasteiger partial charge is 0.359 e. The van der Waals surface area contributed by atoms with Crippen molar-refractivity contribution in [3.8, 4) is 0 Å². The number of amides is 1. The van der Waals surface area contributed by atoms with Crippen molar-refractivity contribution in [1.29, 1.82) is 0 Å². The number of aryl methyl sites for hydroxylation is 1. The van der Waals surface area contributed by atoms with Gasteiger partial charge in [0.15, 0.2) is 5.69 Å². The molecule has 0 spiro atoms. The number of likely N-dealkylation sites (tertiary alicyclic amines) is 1. The standard InChI is InChI=1S/C21H21N3O3/c1-15-8-7-11-18-22-17(14-24(15)18)21(26)27-19(16-9-3-2-4-10-16)20(25)23-12-5-6-13-23/h2-4,7-11,14,19H,5-6,12-13H2,1H3/t19-/m1/s1. The van der Waals surface area contributed by atoms with Crippen molar-refractivity contribution in [1.82, 2.24) is 14.3 Å². The van der Waals surface area contributed by atoms with Crippen molar-refractivity contribution in [3.63, 3.8) is 0 Å². The van der Waals surface area contributed by atoms with Gasteiger partial charge in [-0.15, -0.1) is 0 Å². The molecule has 0 aliphatic carbocycles. The quantitative estimate of drug-likeness (QED) is 0.668. The number of nitrogens with zero attached hydrogens (tertiary/aromatic N) is 3. The Kier molecular flexibility index (Phi) is 4.62. The number of benzene rings is 1. The number of hydrogen-bond donors (Lipinski definition) is 0. The molecule has 138 valence electrons. The first-order valence-electron chi connectivity index (χ1n) is 9.13. The summed E-state index contributed by atoms with van der Waals surface area (Å²) in [5.74, 6) is -0.772. The van der Waals surface area contributed by atoms with Crippen molar-refractivity contribution < 1.29 is 14.3 Å². The first kappa shape index (κ1) is 17.3. The second kappa shape index (κ2) is 7.23. The fraction of sp³-hybridized carbons (Fsp3) is 0.286. The number of ether oxygens (including phenoxy) is 1. The first-order chi connectivity index (χ1) is 13.1. The van der Waals surface area contributed by atoms with Gasteiger partial charge in [-0.25, -0.2) is 9.78 Å². The number of imidazole rings is 1. The summed E-state index contributed by atoms with van der Waals surface area (Å²) < 4.78 is 7.49. The van der Waals surface area contributed by atoms with Crippen LogP contribution in [0.2, 0.25) is 0 Å².